The Morgan fingerprint density at radius 2 is 1.82 bits per heavy atom. The third kappa shape index (κ3) is 6.15. The van der Waals surface area contributed by atoms with Gasteiger partial charge in [0.2, 0.25) is 0 Å². The second kappa shape index (κ2) is 11.8. The van der Waals surface area contributed by atoms with Crippen molar-refractivity contribution in [1.29, 1.82) is 0 Å². The van der Waals surface area contributed by atoms with E-state index in [2.05, 4.69) is 5.32 Å². The molecule has 0 bridgehead atoms. The van der Waals surface area contributed by atoms with Gasteiger partial charge in [0.15, 0.2) is 0 Å². The van der Waals surface area contributed by atoms with Crippen molar-refractivity contribution in [2.24, 2.45) is 0 Å². The van der Waals surface area contributed by atoms with E-state index in [-0.39, 0.29) is 32.1 Å². The van der Waals surface area contributed by atoms with E-state index >= 15 is 0 Å². The molecule has 2 N–H and O–H groups in total. The number of rotatable bonds is 12. The molecule has 2 saturated carbocycles. The minimum atomic E-state index is -1.69. The van der Waals surface area contributed by atoms with Crippen LogP contribution in [0.25, 0.3) is 0 Å². The summed E-state index contributed by atoms with van der Waals surface area (Å²) in [5.74, 6) is 0.152. The third-order valence-corrected chi connectivity index (χ3v) is 8.29. The molecule has 0 saturated heterocycles. The fourth-order valence-electron chi connectivity index (χ4n) is 5.64. The Morgan fingerprint density at radius 1 is 1.18 bits per heavy atom. The lowest BCUT2D eigenvalue weighted by Crippen LogP contribution is -2.68. The zero-order valence-electron chi connectivity index (χ0n) is 23.6. The molecule has 0 aliphatic heterocycles. The number of halogens is 2. The lowest BCUT2D eigenvalue weighted by atomic mass is 9.67. The summed E-state index contributed by atoms with van der Waals surface area (Å²) in [7, 11) is 3.12. The van der Waals surface area contributed by atoms with Crippen LogP contribution in [0.3, 0.4) is 0 Å². The Hall–Kier alpha value is -3.04. The van der Waals surface area contributed by atoms with E-state index in [9.17, 15) is 19.1 Å². The van der Waals surface area contributed by atoms with Crippen LogP contribution in [0.1, 0.15) is 81.2 Å². The van der Waals surface area contributed by atoms with Crippen molar-refractivity contribution in [2.45, 2.75) is 75.7 Å². The number of carbonyl (C=O) groups is 2. The summed E-state index contributed by atoms with van der Waals surface area (Å²) in [6, 6.07) is 10.2. The Labute approximate surface area is 239 Å². The van der Waals surface area contributed by atoms with Gasteiger partial charge in [0.25, 0.3) is 0 Å². The molecule has 0 spiro atoms. The number of carbonyl (C=O) groups excluding carboxylic acids is 1. The number of carboxylic acids is 1. The highest BCUT2D eigenvalue weighted by atomic mass is 35.5. The van der Waals surface area contributed by atoms with Gasteiger partial charge in [-0.25, -0.2) is 14.0 Å². The number of nitrogens with one attached hydrogen (secondary N) is 1. The predicted octanol–water partition coefficient (Wildman–Crippen LogP) is 6.43. The van der Waals surface area contributed by atoms with Gasteiger partial charge in [-0.1, -0.05) is 41.9 Å². The van der Waals surface area contributed by atoms with Crippen LogP contribution in [-0.2, 0) is 9.53 Å². The molecule has 2 aliphatic rings. The maximum atomic E-state index is 14.4. The van der Waals surface area contributed by atoms with E-state index in [4.69, 9.17) is 25.8 Å². The second-order valence-corrected chi connectivity index (χ2v) is 11.5. The number of hydrogen-bond donors (Lipinski definition) is 2. The first-order valence-electron chi connectivity index (χ1n) is 13.5. The second-order valence-electron chi connectivity index (χ2n) is 11.1. The molecule has 0 radical (unpaired) electrons. The topological polar surface area (TPSA) is 97.3 Å². The van der Waals surface area contributed by atoms with Crippen molar-refractivity contribution in [1.82, 2.24) is 10.2 Å². The average Bonchev–Trinajstić information content (AvgIpc) is 3.74. The van der Waals surface area contributed by atoms with Crippen molar-refractivity contribution < 1.29 is 33.3 Å². The van der Waals surface area contributed by atoms with Gasteiger partial charge in [0.1, 0.15) is 22.7 Å². The summed E-state index contributed by atoms with van der Waals surface area (Å²) in [5, 5.41) is 12.8. The first-order chi connectivity index (χ1) is 18.9. The summed E-state index contributed by atoms with van der Waals surface area (Å²) < 4.78 is 31.9. The number of aliphatic carboxylic acids is 1. The summed E-state index contributed by atoms with van der Waals surface area (Å²) in [6.45, 7) is 5.34. The van der Waals surface area contributed by atoms with Gasteiger partial charge >= 0.3 is 12.0 Å². The van der Waals surface area contributed by atoms with Crippen molar-refractivity contribution >= 4 is 23.6 Å². The largest absolute Gasteiger partial charge is 0.496 e. The minimum Gasteiger partial charge on any atom is -0.496 e. The third-order valence-electron chi connectivity index (χ3n) is 7.90. The number of urea groups is 1. The molecule has 1 unspecified atom stereocenters. The molecule has 40 heavy (non-hydrogen) atoms. The summed E-state index contributed by atoms with van der Waals surface area (Å²) >= 11 is 6.87. The van der Waals surface area contributed by atoms with Crippen molar-refractivity contribution in [3.05, 3.63) is 58.1 Å². The number of ether oxygens (including phenoxy) is 3. The quantitative estimate of drug-likeness (QED) is 0.302. The van der Waals surface area contributed by atoms with Gasteiger partial charge in [-0.3, -0.25) is 0 Å². The Morgan fingerprint density at radius 3 is 2.35 bits per heavy atom. The molecule has 2 fully saturated rings. The molecular weight excluding hydrogens is 539 g/mol. The molecule has 0 aromatic heterocycles. The molecule has 2 atom stereocenters. The molecule has 2 amide bonds. The van der Waals surface area contributed by atoms with E-state index in [1.165, 1.54) is 11.8 Å². The molecule has 0 heterocycles. The molecule has 10 heteroatoms. The van der Waals surface area contributed by atoms with Crippen LogP contribution < -0.4 is 14.8 Å². The van der Waals surface area contributed by atoms with E-state index in [1.54, 1.807) is 21.1 Å². The van der Waals surface area contributed by atoms with E-state index in [0.29, 0.717) is 28.0 Å². The smallest absolute Gasteiger partial charge is 0.329 e. The van der Waals surface area contributed by atoms with Crippen LogP contribution in [0.15, 0.2) is 36.4 Å². The van der Waals surface area contributed by atoms with Crippen molar-refractivity contribution in [3.63, 3.8) is 0 Å². The fourth-order valence-corrected chi connectivity index (χ4v) is 6.03. The average molecular weight is 577 g/mol. The zero-order chi connectivity index (χ0) is 29.2. The first kappa shape index (κ1) is 29.9. The highest BCUT2D eigenvalue weighted by Crippen LogP contribution is 2.53. The van der Waals surface area contributed by atoms with Crippen LogP contribution in [0, 0.1) is 0 Å². The standard InChI is InChI=1S/C30H38ClFN2O6/c1-18(22-15-23(38-4)24(21-11-12-21)26(39-5)25(22)31)34(13-14-40-19(2)20-9-7-6-8-10-20)28(37)33-30(27(35)36)16-29(3,32)17-30/h6-10,15,18-19,21H,11-14,16-17H2,1-5H3,(H,33,37)(H,35,36)/t18?,19-,29?,30?/m0/s1. The molecule has 4 rings (SSSR count). The lowest BCUT2D eigenvalue weighted by Gasteiger charge is -2.48. The number of alkyl halides is 1. The Balaban J connectivity index is 1.62. The van der Waals surface area contributed by atoms with Gasteiger partial charge in [-0.05, 0) is 51.2 Å². The van der Waals surface area contributed by atoms with E-state index in [0.717, 1.165) is 24.0 Å². The van der Waals surface area contributed by atoms with Gasteiger partial charge < -0.3 is 29.5 Å². The predicted molar refractivity (Wildman–Crippen MR) is 150 cm³/mol. The molecule has 2 aliphatic carbocycles. The van der Waals surface area contributed by atoms with Gasteiger partial charge in [0.05, 0.1) is 38.0 Å². The molecular formula is C30H38ClFN2O6. The maximum Gasteiger partial charge on any atom is 0.329 e. The highest BCUT2D eigenvalue weighted by Gasteiger charge is 2.59. The summed E-state index contributed by atoms with van der Waals surface area (Å²) in [4.78, 5) is 27.3. The van der Waals surface area contributed by atoms with Gasteiger partial charge in [-0.15, -0.1) is 0 Å². The van der Waals surface area contributed by atoms with Gasteiger partial charge in [-0.2, -0.15) is 0 Å². The van der Waals surface area contributed by atoms with E-state index in [1.807, 2.05) is 43.3 Å². The van der Waals surface area contributed by atoms with Crippen molar-refractivity contribution in [2.75, 3.05) is 27.4 Å². The monoisotopic (exact) mass is 576 g/mol. The number of hydrogen-bond acceptors (Lipinski definition) is 5. The van der Waals surface area contributed by atoms with Crippen molar-refractivity contribution in [3.8, 4) is 11.5 Å². The van der Waals surface area contributed by atoms with Crippen LogP contribution in [0.2, 0.25) is 5.02 Å². The van der Waals surface area contributed by atoms with Crippen LogP contribution in [-0.4, -0.2) is 60.6 Å². The van der Waals surface area contributed by atoms with Crippen LogP contribution >= 0.6 is 11.6 Å². The Bertz CT molecular complexity index is 1230. The van der Waals surface area contributed by atoms with E-state index < -0.39 is 29.2 Å². The molecule has 2 aromatic carbocycles. The maximum absolute atomic E-state index is 14.4. The molecule has 2 aromatic rings. The zero-order valence-corrected chi connectivity index (χ0v) is 24.4. The number of nitrogens with zero attached hydrogens (tertiary/aromatic N) is 1. The first-order valence-corrected chi connectivity index (χ1v) is 13.9. The van der Waals surface area contributed by atoms with Crippen LogP contribution in [0.5, 0.6) is 11.5 Å². The Kier molecular flexibility index (Phi) is 8.85. The highest BCUT2D eigenvalue weighted by molar-refractivity contribution is 6.33. The number of carboxylic acid groups (broad SMARTS) is 1. The van der Waals surface area contributed by atoms with Gasteiger partial charge in [0, 0.05) is 30.5 Å². The number of amides is 2. The summed E-state index contributed by atoms with van der Waals surface area (Å²) in [6.07, 6.45) is 1.15. The van der Waals surface area contributed by atoms with Crippen LogP contribution in [0.4, 0.5) is 9.18 Å². The number of methoxy groups -OCH3 is 2. The fraction of sp³-hybridized carbons (Fsp3) is 0.533. The summed E-state index contributed by atoms with van der Waals surface area (Å²) in [5.41, 5.74) is -0.880. The molecule has 8 nitrogen and oxygen atoms in total. The normalized spacial score (nSPS) is 23.5. The molecule has 218 valence electrons. The minimum absolute atomic E-state index is 0.123. The number of benzene rings is 2. The SMILES string of the molecule is COc1cc(C(C)N(CCO[C@@H](C)c2ccccc2)C(=O)NC2(C(=O)O)CC(C)(F)C2)c(Cl)c(OC)c1C1CC1. The lowest BCUT2D eigenvalue weighted by molar-refractivity contribution is -0.156.